The molecule has 1 atom stereocenters. The maximum Gasteiger partial charge on any atom is 0.227 e. The number of rotatable bonds is 8. The normalized spacial score (nSPS) is 17.9. The van der Waals surface area contributed by atoms with Crippen LogP contribution in [0.15, 0.2) is 30.3 Å². The lowest BCUT2D eigenvalue weighted by Gasteiger charge is -2.28. The highest BCUT2D eigenvalue weighted by Crippen LogP contribution is 2.38. The van der Waals surface area contributed by atoms with Gasteiger partial charge in [-0.1, -0.05) is 37.6 Å². The Balaban J connectivity index is 1.46. The summed E-state index contributed by atoms with van der Waals surface area (Å²) in [4.78, 5) is 17.9. The number of carbonyl (C=O) groups excluding carboxylic acids is 1. The number of amides is 1. The zero-order valence-corrected chi connectivity index (χ0v) is 21.6. The van der Waals surface area contributed by atoms with Crippen molar-refractivity contribution < 1.29 is 19.0 Å². The van der Waals surface area contributed by atoms with Gasteiger partial charge in [-0.3, -0.25) is 9.69 Å². The van der Waals surface area contributed by atoms with Crippen LogP contribution in [-0.2, 0) is 17.9 Å². The van der Waals surface area contributed by atoms with E-state index in [1.807, 2.05) is 35.2 Å². The van der Waals surface area contributed by atoms with Gasteiger partial charge in [-0.2, -0.15) is 0 Å². The smallest absolute Gasteiger partial charge is 0.227 e. The van der Waals surface area contributed by atoms with Crippen molar-refractivity contribution in [2.45, 2.75) is 39.8 Å². The fraction of sp³-hybridized carbons (Fsp3) is 0.519. The first-order valence-corrected chi connectivity index (χ1v) is 12.7. The Morgan fingerprint density at radius 1 is 1.29 bits per heavy atom. The van der Waals surface area contributed by atoms with Gasteiger partial charge in [-0.25, -0.2) is 0 Å². The third-order valence-electron chi connectivity index (χ3n) is 6.48. The molecule has 2 aromatic carbocycles. The summed E-state index contributed by atoms with van der Waals surface area (Å²) in [6, 6.07) is 9.66. The number of carbonyl (C=O) groups is 1. The molecule has 2 N–H and O–H groups in total. The standard InChI is InChI=1S/C27H36ClN3O4/c1-18(2)14-31(15-19-12-22(28)26-24(13-19)34-10-5-11-35-26)27(32)21-8-9-30(17-21)16-20-6-4-7-23(29)25(20)33-3/h4,6-7,12-13,18,21H,5,8-11,14-17,29H2,1-3H3/t21-/m1/s1. The molecule has 4 rings (SSSR count). The summed E-state index contributed by atoms with van der Waals surface area (Å²) >= 11 is 6.51. The first-order chi connectivity index (χ1) is 16.9. The summed E-state index contributed by atoms with van der Waals surface area (Å²) in [7, 11) is 1.64. The highest BCUT2D eigenvalue weighted by molar-refractivity contribution is 6.32. The third kappa shape index (κ3) is 6.14. The Kier molecular flexibility index (Phi) is 8.29. The molecular formula is C27H36ClN3O4. The second-order valence-electron chi connectivity index (χ2n) is 9.83. The summed E-state index contributed by atoms with van der Waals surface area (Å²) in [6.07, 6.45) is 1.65. The molecule has 0 aromatic heterocycles. The average molecular weight is 502 g/mol. The molecule has 2 aliphatic rings. The molecule has 0 spiro atoms. The highest BCUT2D eigenvalue weighted by atomic mass is 35.5. The minimum atomic E-state index is -0.0447. The van der Waals surface area contributed by atoms with Gasteiger partial charge in [0, 0.05) is 38.2 Å². The van der Waals surface area contributed by atoms with E-state index in [4.69, 9.17) is 31.5 Å². The minimum absolute atomic E-state index is 0.0447. The number of fused-ring (bicyclic) bond motifs is 1. The second-order valence-corrected chi connectivity index (χ2v) is 10.2. The topological polar surface area (TPSA) is 77.3 Å². The van der Waals surface area contributed by atoms with Gasteiger partial charge in [0.25, 0.3) is 0 Å². The maximum atomic E-state index is 13.7. The summed E-state index contributed by atoms with van der Waals surface area (Å²) in [6.45, 7) is 8.91. The van der Waals surface area contributed by atoms with Crippen molar-refractivity contribution in [2.24, 2.45) is 11.8 Å². The maximum absolute atomic E-state index is 13.7. The van der Waals surface area contributed by atoms with Crippen molar-refractivity contribution in [3.63, 3.8) is 0 Å². The Morgan fingerprint density at radius 3 is 2.86 bits per heavy atom. The van der Waals surface area contributed by atoms with Crippen LogP contribution in [0, 0.1) is 11.8 Å². The summed E-state index contributed by atoms with van der Waals surface area (Å²) < 4.78 is 17.1. The molecule has 2 aromatic rings. The van der Waals surface area contributed by atoms with E-state index in [1.54, 1.807) is 7.11 Å². The van der Waals surface area contributed by atoms with Crippen LogP contribution in [0.4, 0.5) is 5.69 Å². The van der Waals surface area contributed by atoms with Crippen LogP contribution in [0.2, 0.25) is 5.02 Å². The summed E-state index contributed by atoms with van der Waals surface area (Å²) in [5.74, 6) is 2.46. The van der Waals surface area contributed by atoms with Gasteiger partial charge in [-0.05, 0) is 42.6 Å². The van der Waals surface area contributed by atoms with Crippen molar-refractivity contribution in [3.8, 4) is 17.2 Å². The van der Waals surface area contributed by atoms with Gasteiger partial charge in [0.05, 0.1) is 37.0 Å². The van der Waals surface area contributed by atoms with E-state index in [0.29, 0.717) is 67.5 Å². The van der Waals surface area contributed by atoms with Gasteiger partial charge < -0.3 is 24.8 Å². The quantitative estimate of drug-likeness (QED) is 0.533. The van der Waals surface area contributed by atoms with Gasteiger partial charge in [0.1, 0.15) is 5.75 Å². The number of halogens is 1. The molecule has 0 saturated carbocycles. The number of benzene rings is 2. The molecule has 0 aliphatic carbocycles. The van der Waals surface area contributed by atoms with Crippen LogP contribution in [0.25, 0.3) is 0 Å². The van der Waals surface area contributed by atoms with E-state index < -0.39 is 0 Å². The first kappa shape index (κ1) is 25.5. The Labute approximate surface area is 213 Å². The number of nitrogens with zero attached hydrogens (tertiary/aromatic N) is 2. The molecule has 2 aliphatic heterocycles. The molecule has 0 bridgehead atoms. The van der Waals surface area contributed by atoms with Gasteiger partial charge in [0.15, 0.2) is 11.5 Å². The van der Waals surface area contributed by atoms with Crippen molar-refractivity contribution >= 4 is 23.2 Å². The van der Waals surface area contributed by atoms with Gasteiger partial charge in [0.2, 0.25) is 5.91 Å². The third-order valence-corrected chi connectivity index (χ3v) is 6.76. The molecular weight excluding hydrogens is 466 g/mol. The van der Waals surface area contributed by atoms with Crippen LogP contribution in [0.1, 0.15) is 37.8 Å². The lowest BCUT2D eigenvalue weighted by molar-refractivity contribution is -0.136. The molecule has 35 heavy (non-hydrogen) atoms. The Morgan fingerprint density at radius 2 is 2.09 bits per heavy atom. The minimum Gasteiger partial charge on any atom is -0.494 e. The van der Waals surface area contributed by atoms with Crippen molar-refractivity contribution in [3.05, 3.63) is 46.5 Å². The summed E-state index contributed by atoms with van der Waals surface area (Å²) in [5, 5.41) is 0.527. The van der Waals surface area contributed by atoms with Gasteiger partial charge in [-0.15, -0.1) is 0 Å². The fourth-order valence-electron chi connectivity index (χ4n) is 4.92. The highest BCUT2D eigenvalue weighted by Gasteiger charge is 2.32. The second kappa shape index (κ2) is 11.4. The predicted molar refractivity (Wildman–Crippen MR) is 138 cm³/mol. The molecule has 1 fully saturated rings. The van der Waals surface area contributed by atoms with Crippen LogP contribution in [-0.4, -0.2) is 55.7 Å². The fourth-order valence-corrected chi connectivity index (χ4v) is 5.21. The van der Waals surface area contributed by atoms with E-state index in [2.05, 4.69) is 18.7 Å². The van der Waals surface area contributed by atoms with E-state index in [-0.39, 0.29) is 11.8 Å². The Hall–Kier alpha value is -2.64. The Bertz CT molecular complexity index is 1050. The number of ether oxygens (including phenoxy) is 3. The van der Waals surface area contributed by atoms with Crippen LogP contribution in [0.3, 0.4) is 0 Å². The van der Waals surface area contributed by atoms with Crippen molar-refractivity contribution in [1.29, 1.82) is 0 Å². The summed E-state index contributed by atoms with van der Waals surface area (Å²) in [5.41, 5.74) is 8.70. The largest absolute Gasteiger partial charge is 0.494 e. The molecule has 8 heteroatoms. The molecule has 0 unspecified atom stereocenters. The number of hydrogen-bond acceptors (Lipinski definition) is 6. The lowest BCUT2D eigenvalue weighted by Crippen LogP contribution is -2.39. The van der Waals surface area contributed by atoms with Crippen LogP contribution >= 0.6 is 11.6 Å². The number of likely N-dealkylation sites (tertiary alicyclic amines) is 1. The number of anilines is 1. The van der Waals surface area contributed by atoms with E-state index >= 15 is 0 Å². The molecule has 190 valence electrons. The molecule has 0 radical (unpaired) electrons. The zero-order valence-electron chi connectivity index (χ0n) is 20.9. The molecule has 2 heterocycles. The number of methoxy groups -OCH3 is 1. The molecule has 1 saturated heterocycles. The monoisotopic (exact) mass is 501 g/mol. The molecule has 1 amide bonds. The number of nitrogens with two attached hydrogens (primary N) is 1. The van der Waals surface area contributed by atoms with E-state index in [1.165, 1.54) is 0 Å². The first-order valence-electron chi connectivity index (χ1n) is 12.4. The van der Waals surface area contributed by atoms with Crippen molar-refractivity contribution in [2.75, 3.05) is 45.7 Å². The predicted octanol–water partition coefficient (Wildman–Crippen LogP) is 4.60. The zero-order chi connectivity index (χ0) is 24.9. The van der Waals surface area contributed by atoms with Crippen LogP contribution in [0.5, 0.6) is 17.2 Å². The van der Waals surface area contributed by atoms with E-state index in [9.17, 15) is 4.79 Å². The van der Waals surface area contributed by atoms with Crippen LogP contribution < -0.4 is 19.9 Å². The number of nitrogen functional groups attached to an aromatic ring is 1. The van der Waals surface area contributed by atoms with Crippen molar-refractivity contribution in [1.82, 2.24) is 9.80 Å². The average Bonchev–Trinajstić information content (AvgIpc) is 3.14. The lowest BCUT2D eigenvalue weighted by atomic mass is 10.0. The number of para-hydroxylation sites is 1. The molecule has 7 nitrogen and oxygen atoms in total. The van der Waals surface area contributed by atoms with E-state index in [0.717, 1.165) is 36.3 Å². The number of hydrogen-bond donors (Lipinski definition) is 1. The SMILES string of the molecule is COc1c(N)cccc1CN1CC[C@@H](C(=O)N(Cc2cc(Cl)c3c(c2)OCCCO3)CC(C)C)C1. The van der Waals surface area contributed by atoms with Gasteiger partial charge >= 0.3 is 0 Å².